The zero-order chi connectivity index (χ0) is 21.8. The summed E-state index contributed by atoms with van der Waals surface area (Å²) in [5.74, 6) is -0.343. The quantitative estimate of drug-likeness (QED) is 0.539. The number of nitrogens with zero attached hydrogens (tertiary/aromatic N) is 1. The van der Waals surface area contributed by atoms with Crippen molar-refractivity contribution in [3.63, 3.8) is 0 Å². The maximum absolute atomic E-state index is 12.9. The van der Waals surface area contributed by atoms with Gasteiger partial charge in [0.2, 0.25) is 0 Å². The van der Waals surface area contributed by atoms with Gasteiger partial charge in [-0.15, -0.1) is 0 Å². The van der Waals surface area contributed by atoms with Crippen molar-refractivity contribution < 1.29 is 14.0 Å². The Balaban J connectivity index is 1.72. The van der Waals surface area contributed by atoms with Gasteiger partial charge >= 0.3 is 0 Å². The SMILES string of the molecule is Cc1cc(C)c(CCNC(=O)c2ccccc2N(C)C(=O)c2ccc(Br)o2)c(C)c1. The van der Waals surface area contributed by atoms with Crippen molar-refractivity contribution in [1.29, 1.82) is 0 Å². The summed E-state index contributed by atoms with van der Waals surface area (Å²) >= 11 is 3.20. The molecular weight excluding hydrogens is 444 g/mol. The molecule has 2 aromatic carbocycles. The minimum atomic E-state index is -0.327. The van der Waals surface area contributed by atoms with Gasteiger partial charge in [-0.05, 0) is 84.1 Å². The molecule has 1 heterocycles. The number of nitrogens with one attached hydrogen (secondary N) is 1. The third-order valence-corrected chi connectivity index (χ3v) is 5.53. The molecule has 1 N–H and O–H groups in total. The van der Waals surface area contributed by atoms with Crippen molar-refractivity contribution in [1.82, 2.24) is 5.32 Å². The zero-order valence-corrected chi connectivity index (χ0v) is 19.2. The van der Waals surface area contributed by atoms with Gasteiger partial charge in [0.25, 0.3) is 11.8 Å². The van der Waals surface area contributed by atoms with Crippen LogP contribution in [0.4, 0.5) is 5.69 Å². The summed E-state index contributed by atoms with van der Waals surface area (Å²) in [6.07, 6.45) is 0.751. The van der Waals surface area contributed by atoms with Crippen LogP contribution in [0.15, 0.2) is 57.6 Å². The Kier molecular flexibility index (Phi) is 6.77. The lowest BCUT2D eigenvalue weighted by atomic mass is 9.97. The lowest BCUT2D eigenvalue weighted by Crippen LogP contribution is -2.31. The van der Waals surface area contributed by atoms with Crippen LogP contribution < -0.4 is 10.2 Å². The van der Waals surface area contributed by atoms with E-state index in [1.807, 2.05) is 0 Å². The van der Waals surface area contributed by atoms with E-state index in [0.717, 1.165) is 6.42 Å². The highest BCUT2D eigenvalue weighted by Gasteiger charge is 2.21. The molecule has 6 heteroatoms. The average Bonchev–Trinajstić information content (AvgIpc) is 3.15. The fraction of sp³-hybridized carbons (Fsp3) is 0.250. The van der Waals surface area contributed by atoms with Crippen LogP contribution in [0.3, 0.4) is 0 Å². The van der Waals surface area contributed by atoms with E-state index in [1.54, 1.807) is 43.4 Å². The molecule has 0 saturated heterocycles. The maximum Gasteiger partial charge on any atom is 0.293 e. The predicted octanol–water partition coefficient (Wildman–Crippen LogP) is 5.22. The molecule has 0 unspecified atom stereocenters. The van der Waals surface area contributed by atoms with Crippen LogP contribution in [0, 0.1) is 20.8 Å². The molecule has 0 aliphatic heterocycles. The van der Waals surface area contributed by atoms with Gasteiger partial charge in [-0.1, -0.05) is 29.8 Å². The highest BCUT2D eigenvalue weighted by atomic mass is 79.9. The standard InChI is InChI=1S/C24H25BrN2O3/c1-15-13-16(2)18(17(3)14-15)11-12-26-23(28)19-7-5-6-8-20(19)27(4)24(29)21-9-10-22(25)30-21/h5-10,13-14H,11-12H2,1-4H3,(H,26,28). The Morgan fingerprint density at radius 2 is 1.70 bits per heavy atom. The number of rotatable bonds is 6. The molecule has 0 spiro atoms. The smallest absolute Gasteiger partial charge is 0.293 e. The van der Waals surface area contributed by atoms with Gasteiger partial charge in [0.05, 0.1) is 11.3 Å². The highest BCUT2D eigenvalue weighted by molar-refractivity contribution is 9.10. The van der Waals surface area contributed by atoms with Crippen LogP contribution in [0.2, 0.25) is 0 Å². The number of benzene rings is 2. The minimum Gasteiger partial charge on any atom is -0.444 e. The monoisotopic (exact) mass is 468 g/mol. The molecule has 30 heavy (non-hydrogen) atoms. The summed E-state index contributed by atoms with van der Waals surface area (Å²) in [7, 11) is 1.63. The van der Waals surface area contributed by atoms with E-state index in [-0.39, 0.29) is 17.6 Å². The summed E-state index contributed by atoms with van der Waals surface area (Å²) in [4.78, 5) is 27.0. The Morgan fingerprint density at radius 1 is 1.03 bits per heavy atom. The first-order valence-electron chi connectivity index (χ1n) is 9.75. The van der Waals surface area contributed by atoms with Crippen molar-refractivity contribution >= 4 is 33.4 Å². The lowest BCUT2D eigenvalue weighted by molar-refractivity contribution is 0.0954. The number of hydrogen-bond acceptors (Lipinski definition) is 3. The fourth-order valence-electron chi connectivity index (χ4n) is 3.66. The van der Waals surface area contributed by atoms with Crippen LogP contribution in [-0.4, -0.2) is 25.4 Å². The zero-order valence-electron chi connectivity index (χ0n) is 17.6. The van der Waals surface area contributed by atoms with Crippen LogP contribution in [0.1, 0.15) is 43.2 Å². The molecule has 1 aromatic heterocycles. The molecule has 0 atom stereocenters. The first-order valence-corrected chi connectivity index (χ1v) is 10.5. The van der Waals surface area contributed by atoms with E-state index >= 15 is 0 Å². The molecule has 5 nitrogen and oxygen atoms in total. The molecule has 2 amide bonds. The fourth-order valence-corrected chi connectivity index (χ4v) is 3.97. The van der Waals surface area contributed by atoms with Gasteiger partial charge in [0.1, 0.15) is 0 Å². The Labute approximate surface area is 185 Å². The molecule has 3 rings (SSSR count). The van der Waals surface area contributed by atoms with Crippen molar-refractivity contribution in [2.45, 2.75) is 27.2 Å². The van der Waals surface area contributed by atoms with Gasteiger partial charge in [-0.2, -0.15) is 0 Å². The van der Waals surface area contributed by atoms with Gasteiger partial charge in [0, 0.05) is 13.6 Å². The van der Waals surface area contributed by atoms with Crippen molar-refractivity contribution in [3.8, 4) is 0 Å². The molecule has 156 valence electrons. The second kappa shape index (κ2) is 9.30. The van der Waals surface area contributed by atoms with Gasteiger partial charge in [-0.3, -0.25) is 9.59 Å². The number of aryl methyl sites for hydroxylation is 3. The Morgan fingerprint density at radius 3 is 2.33 bits per heavy atom. The van der Waals surface area contributed by atoms with E-state index in [4.69, 9.17) is 4.42 Å². The minimum absolute atomic E-state index is 0.199. The first-order chi connectivity index (χ1) is 14.3. The molecule has 0 aliphatic carbocycles. The predicted molar refractivity (Wildman–Crippen MR) is 122 cm³/mol. The average molecular weight is 469 g/mol. The highest BCUT2D eigenvalue weighted by Crippen LogP contribution is 2.23. The summed E-state index contributed by atoms with van der Waals surface area (Å²) in [6, 6.07) is 14.6. The van der Waals surface area contributed by atoms with Crippen molar-refractivity contribution in [2.24, 2.45) is 0 Å². The number of amides is 2. The molecule has 0 fully saturated rings. The van der Waals surface area contributed by atoms with E-state index in [9.17, 15) is 9.59 Å². The molecule has 0 saturated carbocycles. The molecule has 3 aromatic rings. The van der Waals surface area contributed by atoms with Gasteiger partial charge in [-0.25, -0.2) is 0 Å². The Bertz CT molecular complexity index is 1060. The van der Waals surface area contributed by atoms with E-state index in [1.165, 1.54) is 27.2 Å². The van der Waals surface area contributed by atoms with Crippen LogP contribution >= 0.6 is 15.9 Å². The first kappa shape index (κ1) is 21.8. The number of hydrogen-bond donors (Lipinski definition) is 1. The Hall–Kier alpha value is -2.86. The molecule has 0 radical (unpaired) electrons. The number of halogens is 1. The third-order valence-electron chi connectivity index (χ3n) is 5.10. The third kappa shape index (κ3) is 4.82. The topological polar surface area (TPSA) is 62.6 Å². The molecule has 0 aliphatic rings. The normalized spacial score (nSPS) is 10.7. The van der Waals surface area contributed by atoms with Crippen molar-refractivity contribution in [2.75, 3.05) is 18.5 Å². The summed E-state index contributed by atoms with van der Waals surface area (Å²) in [5.41, 5.74) is 5.92. The van der Waals surface area contributed by atoms with Gasteiger partial charge in [0.15, 0.2) is 10.4 Å². The summed E-state index contributed by atoms with van der Waals surface area (Å²) < 4.78 is 5.84. The van der Waals surface area contributed by atoms with Crippen LogP contribution in [0.5, 0.6) is 0 Å². The number of furan rings is 1. The summed E-state index contributed by atoms with van der Waals surface area (Å²) in [6.45, 7) is 6.79. The number of para-hydroxylation sites is 1. The van der Waals surface area contributed by atoms with Crippen LogP contribution in [-0.2, 0) is 6.42 Å². The number of anilines is 1. The lowest BCUT2D eigenvalue weighted by Gasteiger charge is -2.19. The van der Waals surface area contributed by atoms with E-state index in [2.05, 4.69) is 54.2 Å². The number of carbonyl (C=O) groups excluding carboxylic acids is 2. The second-order valence-electron chi connectivity index (χ2n) is 7.37. The van der Waals surface area contributed by atoms with E-state index < -0.39 is 0 Å². The number of carbonyl (C=O) groups is 2. The van der Waals surface area contributed by atoms with Crippen LogP contribution in [0.25, 0.3) is 0 Å². The second-order valence-corrected chi connectivity index (χ2v) is 8.15. The van der Waals surface area contributed by atoms with E-state index in [0.29, 0.717) is 22.5 Å². The molecule has 0 bridgehead atoms. The summed E-state index contributed by atoms with van der Waals surface area (Å²) in [5, 5.41) is 2.99. The largest absolute Gasteiger partial charge is 0.444 e. The molecular formula is C24H25BrN2O3. The van der Waals surface area contributed by atoms with Crippen molar-refractivity contribution in [3.05, 3.63) is 86.8 Å². The maximum atomic E-state index is 12.9. The van der Waals surface area contributed by atoms with Gasteiger partial charge < -0.3 is 14.6 Å².